The van der Waals surface area contributed by atoms with Gasteiger partial charge in [-0.2, -0.15) is 0 Å². The molecule has 2 aliphatic heterocycles. The number of likely N-dealkylation sites (tertiary alicyclic amines) is 1. The maximum atomic E-state index is 13.0. The number of piperidine rings is 1. The number of benzene rings is 1. The lowest BCUT2D eigenvalue weighted by molar-refractivity contribution is -0.137. The highest BCUT2D eigenvalue weighted by molar-refractivity contribution is 6.35. The van der Waals surface area contributed by atoms with Gasteiger partial charge >= 0.3 is 0 Å². The monoisotopic (exact) mass is 342 g/mol. The Balaban J connectivity index is 1.88. The zero-order valence-corrected chi connectivity index (χ0v) is 14.9. The van der Waals surface area contributed by atoms with Gasteiger partial charge in [-0.15, -0.1) is 0 Å². The Labute approximate surface area is 149 Å². The van der Waals surface area contributed by atoms with E-state index in [2.05, 4.69) is 4.90 Å². The number of nitrogens with zero attached hydrogens (tertiary/aromatic N) is 2. The van der Waals surface area contributed by atoms with E-state index in [4.69, 9.17) is 4.74 Å². The van der Waals surface area contributed by atoms with Crippen molar-refractivity contribution in [1.82, 2.24) is 9.80 Å². The van der Waals surface area contributed by atoms with Crippen LogP contribution in [0.1, 0.15) is 38.2 Å². The molecule has 0 spiro atoms. The van der Waals surface area contributed by atoms with Gasteiger partial charge in [-0.3, -0.25) is 14.5 Å². The predicted molar refractivity (Wildman–Crippen MR) is 96.6 cm³/mol. The van der Waals surface area contributed by atoms with Crippen molar-refractivity contribution in [3.63, 3.8) is 0 Å². The van der Waals surface area contributed by atoms with E-state index in [0.29, 0.717) is 37.4 Å². The number of hydrogen-bond acceptors (Lipinski definition) is 4. The fourth-order valence-electron chi connectivity index (χ4n) is 3.51. The van der Waals surface area contributed by atoms with Crippen LogP contribution in [0.2, 0.25) is 0 Å². The molecular formula is C20H26N2O3. The highest BCUT2D eigenvalue weighted by Crippen LogP contribution is 2.33. The van der Waals surface area contributed by atoms with E-state index >= 15 is 0 Å². The molecule has 0 atom stereocenters. The first kappa shape index (κ1) is 17.7. The molecule has 0 unspecified atom stereocenters. The van der Waals surface area contributed by atoms with Crippen molar-refractivity contribution in [2.45, 2.75) is 32.6 Å². The summed E-state index contributed by atoms with van der Waals surface area (Å²) in [6, 6.07) is 9.56. The Morgan fingerprint density at radius 2 is 1.72 bits per heavy atom. The first-order valence-electron chi connectivity index (χ1n) is 9.22. The molecule has 5 nitrogen and oxygen atoms in total. The average molecular weight is 342 g/mol. The van der Waals surface area contributed by atoms with Crippen molar-refractivity contribution in [3.8, 4) is 0 Å². The summed E-state index contributed by atoms with van der Waals surface area (Å²) in [6.45, 7) is 5.25. The van der Waals surface area contributed by atoms with E-state index in [1.165, 1.54) is 11.3 Å². The minimum Gasteiger partial charge on any atom is -0.382 e. The van der Waals surface area contributed by atoms with Crippen LogP contribution >= 0.6 is 0 Å². The second kappa shape index (κ2) is 8.30. The fraction of sp³-hybridized carbons (Fsp3) is 0.500. The largest absolute Gasteiger partial charge is 0.382 e. The summed E-state index contributed by atoms with van der Waals surface area (Å²) >= 11 is 0. The number of ether oxygens (including phenoxy) is 1. The molecule has 1 aromatic carbocycles. The van der Waals surface area contributed by atoms with Gasteiger partial charge in [0.25, 0.3) is 11.8 Å². The molecular weight excluding hydrogens is 316 g/mol. The molecule has 0 radical (unpaired) electrons. The Morgan fingerprint density at radius 1 is 1.00 bits per heavy atom. The van der Waals surface area contributed by atoms with Crippen LogP contribution in [0.15, 0.2) is 36.0 Å². The first-order chi connectivity index (χ1) is 12.2. The number of carbonyl (C=O) groups is 2. The van der Waals surface area contributed by atoms with Crippen LogP contribution < -0.4 is 0 Å². The molecule has 1 saturated heterocycles. The smallest absolute Gasteiger partial charge is 0.277 e. The molecule has 0 aromatic heterocycles. The molecule has 0 N–H and O–H groups in total. The summed E-state index contributed by atoms with van der Waals surface area (Å²) in [4.78, 5) is 29.5. The maximum Gasteiger partial charge on any atom is 0.277 e. The lowest BCUT2D eigenvalue weighted by Gasteiger charge is -2.29. The third kappa shape index (κ3) is 3.76. The van der Waals surface area contributed by atoms with Gasteiger partial charge in [0, 0.05) is 32.8 Å². The van der Waals surface area contributed by atoms with Crippen molar-refractivity contribution in [3.05, 3.63) is 41.6 Å². The number of rotatable bonds is 7. The van der Waals surface area contributed by atoms with E-state index in [9.17, 15) is 9.59 Å². The molecule has 2 amide bonds. The van der Waals surface area contributed by atoms with Gasteiger partial charge < -0.3 is 9.64 Å². The first-order valence-corrected chi connectivity index (χ1v) is 9.22. The lowest BCUT2D eigenvalue weighted by atomic mass is 10.0. The van der Waals surface area contributed by atoms with Crippen LogP contribution in [0.3, 0.4) is 0 Å². The van der Waals surface area contributed by atoms with E-state index in [0.717, 1.165) is 31.5 Å². The SMILES string of the molecule is CCOCCCN1C(=O)C(c2ccccc2)=C(N2CCCCC2)C1=O. The third-order valence-corrected chi connectivity index (χ3v) is 4.75. The molecule has 0 saturated carbocycles. The second-order valence-electron chi connectivity index (χ2n) is 6.45. The third-order valence-electron chi connectivity index (χ3n) is 4.75. The van der Waals surface area contributed by atoms with Crippen LogP contribution in [-0.2, 0) is 14.3 Å². The van der Waals surface area contributed by atoms with E-state index in [-0.39, 0.29) is 11.8 Å². The zero-order valence-electron chi connectivity index (χ0n) is 14.9. The van der Waals surface area contributed by atoms with Gasteiger partial charge in [-0.25, -0.2) is 0 Å². The van der Waals surface area contributed by atoms with Crippen molar-refractivity contribution < 1.29 is 14.3 Å². The average Bonchev–Trinajstić information content (AvgIpc) is 2.91. The number of amides is 2. The van der Waals surface area contributed by atoms with Gasteiger partial charge in [-0.05, 0) is 38.2 Å². The summed E-state index contributed by atoms with van der Waals surface area (Å²) in [5.74, 6) is -0.324. The lowest BCUT2D eigenvalue weighted by Crippen LogP contribution is -2.37. The molecule has 2 heterocycles. The molecule has 134 valence electrons. The Kier molecular flexibility index (Phi) is 5.87. The predicted octanol–water partition coefficient (Wildman–Crippen LogP) is 2.68. The highest BCUT2D eigenvalue weighted by atomic mass is 16.5. The quantitative estimate of drug-likeness (QED) is 0.565. The van der Waals surface area contributed by atoms with Gasteiger partial charge in [0.05, 0.1) is 5.57 Å². The number of imide groups is 1. The normalized spacial score (nSPS) is 18.4. The standard InChI is InChI=1S/C20H26N2O3/c1-2-25-15-9-14-22-19(23)17(16-10-5-3-6-11-16)18(20(22)24)21-12-7-4-8-13-21/h3,5-6,10-11H,2,4,7-9,12-15H2,1H3. The summed E-state index contributed by atoms with van der Waals surface area (Å²) < 4.78 is 5.35. The highest BCUT2D eigenvalue weighted by Gasteiger charge is 2.41. The minimum atomic E-state index is -0.173. The molecule has 0 bridgehead atoms. The fourth-order valence-corrected chi connectivity index (χ4v) is 3.51. The number of hydrogen-bond donors (Lipinski definition) is 0. The summed E-state index contributed by atoms with van der Waals surface area (Å²) in [5.41, 5.74) is 1.98. The van der Waals surface area contributed by atoms with E-state index < -0.39 is 0 Å². The summed E-state index contributed by atoms with van der Waals surface area (Å²) in [7, 11) is 0. The second-order valence-corrected chi connectivity index (χ2v) is 6.45. The topological polar surface area (TPSA) is 49.9 Å². The van der Waals surface area contributed by atoms with Crippen LogP contribution in [0, 0.1) is 0 Å². The Bertz CT molecular complexity index is 648. The summed E-state index contributed by atoms with van der Waals surface area (Å²) in [5, 5.41) is 0. The van der Waals surface area contributed by atoms with E-state index in [1.807, 2.05) is 37.3 Å². The molecule has 0 aliphatic carbocycles. The number of carbonyl (C=O) groups excluding carboxylic acids is 2. The van der Waals surface area contributed by atoms with Crippen LogP contribution in [0.25, 0.3) is 5.57 Å². The van der Waals surface area contributed by atoms with Crippen molar-refractivity contribution >= 4 is 17.4 Å². The van der Waals surface area contributed by atoms with Crippen LogP contribution in [0.5, 0.6) is 0 Å². The molecule has 25 heavy (non-hydrogen) atoms. The van der Waals surface area contributed by atoms with Crippen molar-refractivity contribution in [1.29, 1.82) is 0 Å². The molecule has 2 aliphatic rings. The van der Waals surface area contributed by atoms with Crippen molar-refractivity contribution in [2.24, 2.45) is 0 Å². The minimum absolute atomic E-state index is 0.151. The Hall–Kier alpha value is -2.14. The zero-order chi connectivity index (χ0) is 17.6. The van der Waals surface area contributed by atoms with Crippen molar-refractivity contribution in [2.75, 3.05) is 32.8 Å². The molecule has 1 aromatic rings. The summed E-state index contributed by atoms with van der Waals surface area (Å²) in [6.07, 6.45) is 3.99. The van der Waals surface area contributed by atoms with Gasteiger partial charge in [0.1, 0.15) is 5.70 Å². The molecule has 3 rings (SSSR count). The molecule has 5 heteroatoms. The van der Waals surface area contributed by atoms with Crippen LogP contribution in [-0.4, -0.2) is 54.5 Å². The van der Waals surface area contributed by atoms with Gasteiger partial charge in [0.15, 0.2) is 0 Å². The van der Waals surface area contributed by atoms with Gasteiger partial charge in [-0.1, -0.05) is 30.3 Å². The maximum absolute atomic E-state index is 13.0. The van der Waals surface area contributed by atoms with Gasteiger partial charge in [0.2, 0.25) is 0 Å². The molecule has 1 fully saturated rings. The van der Waals surface area contributed by atoms with E-state index in [1.54, 1.807) is 0 Å². The Morgan fingerprint density at radius 3 is 2.40 bits per heavy atom. The van der Waals surface area contributed by atoms with Crippen LogP contribution in [0.4, 0.5) is 0 Å².